The van der Waals surface area contributed by atoms with E-state index in [2.05, 4.69) is 13.8 Å². The fourth-order valence-electron chi connectivity index (χ4n) is 1.92. The summed E-state index contributed by atoms with van der Waals surface area (Å²) in [5.74, 6) is 0.204. The molecule has 0 saturated carbocycles. The number of halogens is 2. The molecule has 0 N–H and O–H groups in total. The van der Waals surface area contributed by atoms with Crippen LogP contribution in [-0.2, 0) is 11.2 Å². The van der Waals surface area contributed by atoms with Gasteiger partial charge in [-0.15, -0.1) is 0 Å². The summed E-state index contributed by atoms with van der Waals surface area (Å²) in [6, 6.07) is 5.49. The third kappa shape index (κ3) is 4.15. The van der Waals surface area contributed by atoms with E-state index < -0.39 is 0 Å². The first-order valence-electron chi connectivity index (χ1n) is 5.23. The van der Waals surface area contributed by atoms with Crippen molar-refractivity contribution in [3.63, 3.8) is 0 Å². The van der Waals surface area contributed by atoms with Crippen LogP contribution in [0.25, 0.3) is 0 Å². The number of hydrogen-bond donors (Lipinski definition) is 0. The zero-order valence-electron chi connectivity index (χ0n) is 9.81. The van der Waals surface area contributed by atoms with Gasteiger partial charge in [0.25, 0.3) is 0 Å². The molecule has 1 aromatic rings. The van der Waals surface area contributed by atoms with Crippen molar-refractivity contribution in [2.75, 3.05) is 0 Å². The lowest BCUT2D eigenvalue weighted by Crippen LogP contribution is -2.18. The van der Waals surface area contributed by atoms with Gasteiger partial charge in [0.2, 0.25) is 0 Å². The molecule has 0 amide bonds. The molecule has 0 atom stereocenters. The molecule has 0 aliphatic carbocycles. The minimum Gasteiger partial charge on any atom is -0.300 e. The number of hydrogen-bond acceptors (Lipinski definition) is 1. The van der Waals surface area contributed by atoms with E-state index in [0.29, 0.717) is 16.5 Å². The molecule has 1 nitrogen and oxygen atoms in total. The number of carbonyl (C=O) groups is 1. The molecule has 0 saturated heterocycles. The molecule has 0 spiro atoms. The first kappa shape index (κ1) is 13.5. The summed E-state index contributed by atoms with van der Waals surface area (Å²) >= 11 is 11.9. The van der Waals surface area contributed by atoms with Gasteiger partial charge in [-0.1, -0.05) is 43.1 Å². The van der Waals surface area contributed by atoms with Crippen LogP contribution in [0.5, 0.6) is 0 Å². The lowest BCUT2D eigenvalue weighted by atomic mass is 9.81. The predicted molar refractivity (Wildman–Crippen MR) is 69.2 cm³/mol. The second-order valence-corrected chi connectivity index (χ2v) is 5.80. The standard InChI is InChI=1S/C13H16Cl2O/c1-9(16)7-13(2,3)8-10-4-5-11(14)6-12(10)15/h4-6H,7-8H2,1-3H3. The van der Waals surface area contributed by atoms with Crippen molar-refractivity contribution in [2.24, 2.45) is 5.41 Å². The smallest absolute Gasteiger partial charge is 0.130 e. The zero-order chi connectivity index (χ0) is 12.3. The van der Waals surface area contributed by atoms with E-state index in [1.807, 2.05) is 12.1 Å². The molecule has 0 heterocycles. The Bertz CT molecular complexity index is 397. The first-order valence-corrected chi connectivity index (χ1v) is 5.99. The van der Waals surface area contributed by atoms with Gasteiger partial charge in [0.05, 0.1) is 0 Å². The van der Waals surface area contributed by atoms with Crippen molar-refractivity contribution >= 4 is 29.0 Å². The van der Waals surface area contributed by atoms with Crippen LogP contribution < -0.4 is 0 Å². The van der Waals surface area contributed by atoms with Crippen molar-refractivity contribution in [1.29, 1.82) is 0 Å². The van der Waals surface area contributed by atoms with Crippen molar-refractivity contribution in [3.8, 4) is 0 Å². The van der Waals surface area contributed by atoms with Gasteiger partial charge in [0.1, 0.15) is 5.78 Å². The summed E-state index contributed by atoms with van der Waals surface area (Å²) in [7, 11) is 0. The zero-order valence-corrected chi connectivity index (χ0v) is 11.3. The highest BCUT2D eigenvalue weighted by molar-refractivity contribution is 6.35. The Labute approximate surface area is 107 Å². The lowest BCUT2D eigenvalue weighted by molar-refractivity contribution is -0.118. The van der Waals surface area contributed by atoms with Gasteiger partial charge in [0, 0.05) is 16.5 Å². The second-order valence-electron chi connectivity index (χ2n) is 4.96. The summed E-state index contributed by atoms with van der Waals surface area (Å²) in [5.41, 5.74) is 0.973. The van der Waals surface area contributed by atoms with Crippen LogP contribution in [0.1, 0.15) is 32.8 Å². The summed E-state index contributed by atoms with van der Waals surface area (Å²) in [6.45, 7) is 5.75. The number of ketones is 1. The lowest BCUT2D eigenvalue weighted by Gasteiger charge is -2.23. The van der Waals surface area contributed by atoms with E-state index in [1.54, 1.807) is 13.0 Å². The normalized spacial score (nSPS) is 11.6. The monoisotopic (exact) mass is 258 g/mol. The molecule has 1 rings (SSSR count). The average molecular weight is 259 g/mol. The van der Waals surface area contributed by atoms with Crippen molar-refractivity contribution < 1.29 is 4.79 Å². The average Bonchev–Trinajstić information content (AvgIpc) is 2.07. The predicted octanol–water partition coefficient (Wildman–Crippen LogP) is 4.54. The maximum absolute atomic E-state index is 11.1. The molecule has 0 fully saturated rings. The fraction of sp³-hybridized carbons (Fsp3) is 0.462. The van der Waals surface area contributed by atoms with Gasteiger partial charge in [-0.05, 0) is 36.5 Å². The number of carbonyl (C=O) groups excluding carboxylic acids is 1. The van der Waals surface area contributed by atoms with Crippen molar-refractivity contribution in [1.82, 2.24) is 0 Å². The van der Waals surface area contributed by atoms with E-state index in [1.165, 1.54) is 0 Å². The molecule has 88 valence electrons. The largest absolute Gasteiger partial charge is 0.300 e. The minimum atomic E-state index is -0.0662. The minimum absolute atomic E-state index is 0.0662. The highest BCUT2D eigenvalue weighted by atomic mass is 35.5. The van der Waals surface area contributed by atoms with Crippen LogP contribution in [0, 0.1) is 5.41 Å². The summed E-state index contributed by atoms with van der Waals surface area (Å²) < 4.78 is 0. The van der Waals surface area contributed by atoms with E-state index in [-0.39, 0.29) is 11.2 Å². The van der Waals surface area contributed by atoms with Crippen LogP contribution in [0.4, 0.5) is 0 Å². The number of benzene rings is 1. The SMILES string of the molecule is CC(=O)CC(C)(C)Cc1ccc(Cl)cc1Cl. The molecule has 0 aromatic heterocycles. The molecule has 0 radical (unpaired) electrons. The molecule has 0 aliphatic heterocycles. The third-order valence-electron chi connectivity index (χ3n) is 2.41. The summed E-state index contributed by atoms with van der Waals surface area (Å²) in [4.78, 5) is 11.1. The fourth-order valence-corrected chi connectivity index (χ4v) is 2.39. The van der Waals surface area contributed by atoms with Crippen LogP contribution in [-0.4, -0.2) is 5.78 Å². The van der Waals surface area contributed by atoms with Gasteiger partial charge in [0.15, 0.2) is 0 Å². The van der Waals surface area contributed by atoms with E-state index >= 15 is 0 Å². The molecule has 16 heavy (non-hydrogen) atoms. The molecule has 0 bridgehead atoms. The maximum atomic E-state index is 11.1. The Kier molecular flexibility index (Phi) is 4.40. The summed E-state index contributed by atoms with van der Waals surface area (Å²) in [6.07, 6.45) is 1.34. The van der Waals surface area contributed by atoms with E-state index in [0.717, 1.165) is 12.0 Å². The second kappa shape index (κ2) is 5.20. The highest BCUT2D eigenvalue weighted by Gasteiger charge is 2.21. The first-order chi connectivity index (χ1) is 7.30. The van der Waals surface area contributed by atoms with E-state index in [4.69, 9.17) is 23.2 Å². The van der Waals surface area contributed by atoms with Gasteiger partial charge in [-0.25, -0.2) is 0 Å². The molecule has 3 heteroatoms. The van der Waals surface area contributed by atoms with Gasteiger partial charge >= 0.3 is 0 Å². The molecular formula is C13H16Cl2O. The molecule has 1 aromatic carbocycles. The Balaban J connectivity index is 2.83. The number of rotatable bonds is 4. The van der Waals surface area contributed by atoms with Gasteiger partial charge in [-0.3, -0.25) is 0 Å². The van der Waals surface area contributed by atoms with Gasteiger partial charge < -0.3 is 4.79 Å². The Hall–Kier alpha value is -0.530. The third-order valence-corrected chi connectivity index (χ3v) is 3.00. The molecule has 0 unspecified atom stereocenters. The van der Waals surface area contributed by atoms with E-state index in [9.17, 15) is 4.79 Å². The van der Waals surface area contributed by atoms with Crippen LogP contribution in [0.15, 0.2) is 18.2 Å². The molecule has 0 aliphatic rings. The maximum Gasteiger partial charge on any atom is 0.130 e. The van der Waals surface area contributed by atoms with Crippen LogP contribution in [0.3, 0.4) is 0 Å². The quantitative estimate of drug-likeness (QED) is 0.775. The highest BCUT2D eigenvalue weighted by Crippen LogP contribution is 2.30. The Morgan fingerprint density at radius 3 is 2.44 bits per heavy atom. The van der Waals surface area contributed by atoms with Crippen molar-refractivity contribution in [2.45, 2.75) is 33.6 Å². The van der Waals surface area contributed by atoms with Crippen LogP contribution >= 0.6 is 23.2 Å². The topological polar surface area (TPSA) is 17.1 Å². The number of Topliss-reactive ketones (excluding diaryl/α,β-unsaturated/α-hetero) is 1. The van der Waals surface area contributed by atoms with Crippen molar-refractivity contribution in [3.05, 3.63) is 33.8 Å². The summed E-state index contributed by atoms with van der Waals surface area (Å²) in [5, 5.41) is 1.31. The molecular weight excluding hydrogens is 243 g/mol. The van der Waals surface area contributed by atoms with Gasteiger partial charge in [-0.2, -0.15) is 0 Å². The Morgan fingerprint density at radius 2 is 1.94 bits per heavy atom. The van der Waals surface area contributed by atoms with Crippen LogP contribution in [0.2, 0.25) is 10.0 Å². The Morgan fingerprint density at radius 1 is 1.31 bits per heavy atom.